The summed E-state index contributed by atoms with van der Waals surface area (Å²) < 4.78 is 5.87. The summed E-state index contributed by atoms with van der Waals surface area (Å²) in [6, 6.07) is 12.4. The Labute approximate surface area is 152 Å². The van der Waals surface area contributed by atoms with E-state index < -0.39 is 0 Å². The largest absolute Gasteiger partial charge is 0.423 e. The molecule has 1 aromatic carbocycles. The molecule has 4 rings (SSSR count). The lowest BCUT2D eigenvalue weighted by molar-refractivity contribution is -0.130. The maximum atomic E-state index is 12.6. The van der Waals surface area contributed by atoms with Gasteiger partial charge in [-0.2, -0.15) is 4.98 Å². The molecule has 0 spiro atoms. The number of oxazole rings is 1. The Kier molecular flexibility index (Phi) is 4.82. The van der Waals surface area contributed by atoms with Crippen molar-refractivity contribution in [2.75, 3.05) is 31.1 Å². The van der Waals surface area contributed by atoms with Gasteiger partial charge in [-0.1, -0.05) is 12.1 Å². The second kappa shape index (κ2) is 7.56. The van der Waals surface area contributed by atoms with Crippen LogP contribution in [0.3, 0.4) is 0 Å². The van der Waals surface area contributed by atoms with E-state index in [1.807, 2.05) is 41.3 Å². The summed E-state index contributed by atoms with van der Waals surface area (Å²) in [7, 11) is 0. The van der Waals surface area contributed by atoms with Crippen LogP contribution in [-0.4, -0.2) is 47.0 Å². The lowest BCUT2D eigenvalue weighted by atomic mass is 10.1. The van der Waals surface area contributed by atoms with Crippen molar-refractivity contribution < 1.29 is 9.21 Å². The zero-order chi connectivity index (χ0) is 17.8. The van der Waals surface area contributed by atoms with Gasteiger partial charge in [0.15, 0.2) is 5.58 Å². The summed E-state index contributed by atoms with van der Waals surface area (Å²) in [4.78, 5) is 25.2. The van der Waals surface area contributed by atoms with Crippen molar-refractivity contribution in [1.29, 1.82) is 0 Å². The summed E-state index contributed by atoms with van der Waals surface area (Å²) in [5.41, 5.74) is 2.82. The molecule has 0 aliphatic carbocycles. The average Bonchev–Trinajstić information content (AvgIpc) is 2.96. The van der Waals surface area contributed by atoms with Crippen LogP contribution in [0.2, 0.25) is 0 Å². The molecule has 0 bridgehead atoms. The van der Waals surface area contributed by atoms with E-state index in [1.54, 1.807) is 12.4 Å². The van der Waals surface area contributed by atoms with Crippen molar-refractivity contribution in [3.63, 3.8) is 0 Å². The van der Waals surface area contributed by atoms with E-state index in [2.05, 4.69) is 14.9 Å². The number of aromatic nitrogens is 2. The van der Waals surface area contributed by atoms with Crippen LogP contribution in [0.5, 0.6) is 0 Å². The summed E-state index contributed by atoms with van der Waals surface area (Å²) in [5, 5.41) is 0. The highest BCUT2D eigenvalue weighted by Gasteiger charge is 2.21. The van der Waals surface area contributed by atoms with Gasteiger partial charge in [0.05, 0.1) is 0 Å². The molecule has 0 saturated carbocycles. The summed E-state index contributed by atoms with van der Waals surface area (Å²) >= 11 is 0. The second-order valence-electron chi connectivity index (χ2n) is 6.54. The van der Waals surface area contributed by atoms with Crippen LogP contribution in [0.1, 0.15) is 18.4 Å². The fourth-order valence-electron chi connectivity index (χ4n) is 3.31. The topological polar surface area (TPSA) is 62.5 Å². The van der Waals surface area contributed by atoms with Crippen molar-refractivity contribution in [3.05, 3.63) is 54.4 Å². The average molecular weight is 350 g/mol. The van der Waals surface area contributed by atoms with Gasteiger partial charge >= 0.3 is 0 Å². The minimum Gasteiger partial charge on any atom is -0.423 e. The van der Waals surface area contributed by atoms with E-state index in [9.17, 15) is 4.79 Å². The highest BCUT2D eigenvalue weighted by Crippen LogP contribution is 2.22. The maximum absolute atomic E-state index is 12.6. The number of aryl methyl sites for hydroxylation is 1. The predicted octanol–water partition coefficient (Wildman–Crippen LogP) is 2.89. The third kappa shape index (κ3) is 3.69. The van der Waals surface area contributed by atoms with Crippen LogP contribution in [-0.2, 0) is 11.2 Å². The third-order valence-corrected chi connectivity index (χ3v) is 4.78. The van der Waals surface area contributed by atoms with Gasteiger partial charge in [0.1, 0.15) is 5.52 Å². The highest BCUT2D eigenvalue weighted by molar-refractivity contribution is 5.77. The molecule has 1 saturated heterocycles. The van der Waals surface area contributed by atoms with Crippen LogP contribution in [0, 0.1) is 0 Å². The number of rotatable bonds is 4. The van der Waals surface area contributed by atoms with Crippen molar-refractivity contribution in [2.24, 2.45) is 0 Å². The number of hydrogen-bond acceptors (Lipinski definition) is 5. The van der Waals surface area contributed by atoms with Crippen molar-refractivity contribution in [2.45, 2.75) is 19.3 Å². The normalized spacial score (nSPS) is 15.2. The van der Waals surface area contributed by atoms with Crippen LogP contribution in [0.15, 0.2) is 53.2 Å². The van der Waals surface area contributed by atoms with Gasteiger partial charge in [-0.3, -0.25) is 9.78 Å². The minimum atomic E-state index is 0.209. The number of nitrogens with zero attached hydrogens (tertiary/aromatic N) is 4. The number of benzene rings is 1. The Morgan fingerprint density at radius 1 is 1.04 bits per heavy atom. The Hall–Kier alpha value is -2.89. The van der Waals surface area contributed by atoms with Gasteiger partial charge in [0.25, 0.3) is 6.01 Å². The Morgan fingerprint density at radius 3 is 2.73 bits per heavy atom. The van der Waals surface area contributed by atoms with E-state index in [1.165, 1.54) is 0 Å². The molecule has 6 heteroatoms. The molecular weight excluding hydrogens is 328 g/mol. The molecule has 3 aromatic rings. The van der Waals surface area contributed by atoms with E-state index in [4.69, 9.17) is 4.42 Å². The first-order chi connectivity index (χ1) is 12.8. The molecule has 26 heavy (non-hydrogen) atoms. The smallest absolute Gasteiger partial charge is 0.298 e. The standard InChI is InChI=1S/C20H22N4O2/c25-19(7-6-16-8-10-21-11-9-16)23-12-3-13-24(15-14-23)20-22-17-4-1-2-5-18(17)26-20/h1-2,4-5,8-11H,3,6-7,12-15H2. The minimum absolute atomic E-state index is 0.209. The maximum Gasteiger partial charge on any atom is 0.298 e. The predicted molar refractivity (Wildman–Crippen MR) is 100.0 cm³/mol. The van der Waals surface area contributed by atoms with Gasteiger partial charge < -0.3 is 14.2 Å². The van der Waals surface area contributed by atoms with Crippen LogP contribution in [0.25, 0.3) is 11.1 Å². The van der Waals surface area contributed by atoms with Crippen LogP contribution < -0.4 is 4.90 Å². The molecular formula is C20H22N4O2. The number of pyridine rings is 1. The van der Waals surface area contributed by atoms with E-state index in [0.717, 1.165) is 49.1 Å². The van der Waals surface area contributed by atoms with E-state index >= 15 is 0 Å². The summed E-state index contributed by atoms with van der Waals surface area (Å²) in [5.74, 6) is 0.209. The third-order valence-electron chi connectivity index (χ3n) is 4.78. The zero-order valence-corrected chi connectivity index (χ0v) is 14.7. The molecule has 134 valence electrons. The first-order valence-corrected chi connectivity index (χ1v) is 9.07. The fourth-order valence-corrected chi connectivity index (χ4v) is 3.31. The molecule has 1 aliphatic heterocycles. The first kappa shape index (κ1) is 16.6. The molecule has 1 amide bonds. The Bertz CT molecular complexity index is 845. The molecule has 3 heterocycles. The molecule has 2 aromatic heterocycles. The number of hydrogen-bond donors (Lipinski definition) is 0. The lowest BCUT2D eigenvalue weighted by Gasteiger charge is -2.21. The number of amides is 1. The molecule has 1 fully saturated rings. The van der Waals surface area contributed by atoms with Crippen molar-refractivity contribution in [1.82, 2.24) is 14.9 Å². The highest BCUT2D eigenvalue weighted by atomic mass is 16.4. The zero-order valence-electron chi connectivity index (χ0n) is 14.7. The molecule has 0 atom stereocenters. The molecule has 0 radical (unpaired) electrons. The number of carbonyl (C=O) groups is 1. The molecule has 1 aliphatic rings. The number of para-hydroxylation sites is 2. The number of fused-ring (bicyclic) bond motifs is 1. The molecule has 0 N–H and O–H groups in total. The summed E-state index contributed by atoms with van der Waals surface area (Å²) in [6.07, 6.45) is 5.74. The fraction of sp³-hybridized carbons (Fsp3) is 0.350. The second-order valence-corrected chi connectivity index (χ2v) is 6.54. The van der Waals surface area contributed by atoms with Gasteiger partial charge in [-0.15, -0.1) is 0 Å². The van der Waals surface area contributed by atoms with Gasteiger partial charge in [0, 0.05) is 45.0 Å². The quantitative estimate of drug-likeness (QED) is 0.724. The molecule has 6 nitrogen and oxygen atoms in total. The van der Waals surface area contributed by atoms with Gasteiger partial charge in [-0.25, -0.2) is 0 Å². The van der Waals surface area contributed by atoms with Gasteiger partial charge in [-0.05, 0) is 42.7 Å². The number of anilines is 1. The lowest BCUT2D eigenvalue weighted by Crippen LogP contribution is -2.35. The Balaban J connectivity index is 1.36. The van der Waals surface area contributed by atoms with Crippen molar-refractivity contribution >= 4 is 23.0 Å². The summed E-state index contributed by atoms with van der Waals surface area (Å²) in [6.45, 7) is 3.08. The van der Waals surface area contributed by atoms with E-state index in [0.29, 0.717) is 19.0 Å². The van der Waals surface area contributed by atoms with Crippen LogP contribution >= 0.6 is 0 Å². The van der Waals surface area contributed by atoms with Gasteiger partial charge in [0.2, 0.25) is 5.91 Å². The first-order valence-electron chi connectivity index (χ1n) is 9.07. The van der Waals surface area contributed by atoms with Crippen LogP contribution in [0.4, 0.5) is 6.01 Å². The Morgan fingerprint density at radius 2 is 1.88 bits per heavy atom. The van der Waals surface area contributed by atoms with E-state index in [-0.39, 0.29) is 5.91 Å². The SMILES string of the molecule is O=C(CCc1ccncc1)N1CCCN(c2nc3ccccc3o2)CC1. The molecule has 0 unspecified atom stereocenters. The van der Waals surface area contributed by atoms with Crippen molar-refractivity contribution in [3.8, 4) is 0 Å². The number of carbonyl (C=O) groups excluding carboxylic acids is 1. The monoisotopic (exact) mass is 350 g/mol.